The first-order valence-electron chi connectivity index (χ1n) is 35.8. The van der Waals surface area contributed by atoms with Crippen molar-refractivity contribution in [3.05, 3.63) is 175 Å². The molecule has 0 aliphatic heterocycles. The zero-order chi connectivity index (χ0) is 70.4. The summed E-state index contributed by atoms with van der Waals surface area (Å²) in [5.74, 6) is -1.77. The van der Waals surface area contributed by atoms with E-state index in [0.717, 1.165) is 162 Å². The molecule has 97 heavy (non-hydrogen) atoms. The maximum absolute atomic E-state index is 15.1. The molecule has 0 fully saturated rings. The topological polar surface area (TPSA) is 176 Å². The van der Waals surface area contributed by atoms with Crippen LogP contribution in [0.4, 0.5) is 20.2 Å². The van der Waals surface area contributed by atoms with Crippen LogP contribution in [0.15, 0.2) is 121 Å². The number of nitro groups is 2. The lowest BCUT2D eigenvalue weighted by Crippen LogP contribution is -2.52. The van der Waals surface area contributed by atoms with E-state index in [1.807, 2.05) is 38.1 Å². The maximum atomic E-state index is 15.1. The quantitative estimate of drug-likeness (QED) is 0.00884. The van der Waals surface area contributed by atoms with Gasteiger partial charge in [-0.05, 0) is 172 Å². The lowest BCUT2D eigenvalue weighted by atomic mass is 9.91. The van der Waals surface area contributed by atoms with E-state index in [4.69, 9.17) is 27.2 Å². The third-order valence-electron chi connectivity index (χ3n) is 18.0. The molecule has 19 heteroatoms. The second-order valence-corrected chi connectivity index (χ2v) is 40.4. The molecular formula is C78H108F2N2O12Si3. The van der Waals surface area contributed by atoms with E-state index in [2.05, 4.69) is 53.1 Å². The van der Waals surface area contributed by atoms with E-state index in [0.29, 0.717) is 24.3 Å². The van der Waals surface area contributed by atoms with Crippen LogP contribution in [0.3, 0.4) is 0 Å². The first-order valence-corrected chi connectivity index (χ1v) is 44.9. The monoisotopic (exact) mass is 1390 g/mol. The Kier molecular flexibility index (Phi) is 32.8. The van der Waals surface area contributed by atoms with Crippen molar-refractivity contribution in [1.29, 1.82) is 0 Å². The normalized spacial score (nSPS) is 12.5. The predicted molar refractivity (Wildman–Crippen MR) is 394 cm³/mol. The van der Waals surface area contributed by atoms with Crippen LogP contribution in [0.1, 0.15) is 225 Å². The van der Waals surface area contributed by atoms with Gasteiger partial charge in [0.05, 0.1) is 34.2 Å². The summed E-state index contributed by atoms with van der Waals surface area (Å²) in [6.45, 7) is 22.9. The number of benzene rings is 6. The van der Waals surface area contributed by atoms with Crippen molar-refractivity contribution >= 4 is 48.5 Å². The Hall–Kier alpha value is -6.91. The minimum Gasteiger partial charge on any atom is -0.491 e. The van der Waals surface area contributed by atoms with Gasteiger partial charge in [-0.2, -0.15) is 0 Å². The third-order valence-corrected chi connectivity index (χ3v) is 29.5. The van der Waals surface area contributed by atoms with Gasteiger partial charge in [0.15, 0.2) is 39.8 Å². The molecule has 2 atom stereocenters. The van der Waals surface area contributed by atoms with Crippen molar-refractivity contribution in [1.82, 2.24) is 0 Å². The molecule has 0 saturated carbocycles. The highest BCUT2D eigenvalue weighted by Gasteiger charge is 2.39. The molecule has 0 radical (unpaired) electrons. The largest absolute Gasteiger partial charge is 0.491 e. The summed E-state index contributed by atoms with van der Waals surface area (Å²) >= 11 is 0. The molecule has 6 rings (SSSR count). The molecule has 0 amide bonds. The van der Waals surface area contributed by atoms with Gasteiger partial charge in [-0.25, -0.2) is 18.4 Å². The predicted octanol–water partition coefficient (Wildman–Crippen LogP) is 23.8. The number of carbonyl (C=O) groups excluding carboxylic acids is 2. The Morgan fingerprint density at radius 1 is 0.423 bits per heavy atom. The van der Waals surface area contributed by atoms with Crippen LogP contribution in [0.2, 0.25) is 51.4 Å². The van der Waals surface area contributed by atoms with Crippen LogP contribution in [0.5, 0.6) is 23.0 Å². The van der Waals surface area contributed by atoms with Crippen LogP contribution in [-0.4, -0.2) is 60.2 Å². The smallest absolute Gasteiger partial charge is 0.343 e. The fraction of sp³-hybridized carbons (Fsp3) is 0.513. The Bertz CT molecular complexity index is 3220. The first-order chi connectivity index (χ1) is 46.4. The van der Waals surface area contributed by atoms with Crippen LogP contribution in [0, 0.1) is 31.9 Å². The van der Waals surface area contributed by atoms with E-state index in [-0.39, 0.29) is 67.2 Å². The molecule has 6 aromatic rings. The maximum Gasteiger partial charge on any atom is 0.343 e. The summed E-state index contributed by atoms with van der Waals surface area (Å²) in [6.07, 6.45) is 25.7. The molecular weight excluding hydrogens is 1280 g/mol. The van der Waals surface area contributed by atoms with Crippen molar-refractivity contribution in [2.75, 3.05) is 13.2 Å². The Morgan fingerprint density at radius 2 is 0.753 bits per heavy atom. The number of esters is 2. The minimum absolute atomic E-state index is 0.0607. The molecule has 0 saturated heterocycles. The van der Waals surface area contributed by atoms with Gasteiger partial charge in [0.1, 0.15) is 11.5 Å². The summed E-state index contributed by atoms with van der Waals surface area (Å²) in [5.41, 5.74) is 4.65. The summed E-state index contributed by atoms with van der Waals surface area (Å²) in [6, 6.07) is 34.5. The van der Waals surface area contributed by atoms with Gasteiger partial charge in [-0.1, -0.05) is 205 Å². The number of hydrogen-bond acceptors (Lipinski definition) is 12. The molecule has 528 valence electrons. The Balaban J connectivity index is 0.753. The van der Waals surface area contributed by atoms with Crippen molar-refractivity contribution in [3.8, 4) is 45.3 Å². The van der Waals surface area contributed by atoms with Crippen molar-refractivity contribution < 1.29 is 55.4 Å². The SMILES string of the molecule is CCCCC[C@H](C)c1ccc(-c2ccc(OC(=O)c3ccc(OCCCCCCCCCC[Si](C)(C)O[Si](C)(C)O[Si](C)(C)CCCCCCCCCCOc4ccc(C(=O)Oc5ccc(-c6ccc([C@@H](C)CCCCC)c([N+](=O)[O-])c6)cc5)cc4F)c(F)c3)cc2)cc1[N+](=O)[O-]. The first kappa shape index (κ1) is 79.1. The van der Waals surface area contributed by atoms with Crippen LogP contribution in [-0.2, 0) is 8.23 Å². The van der Waals surface area contributed by atoms with Gasteiger partial charge < -0.3 is 27.2 Å². The average Bonchev–Trinajstić information content (AvgIpc) is 0.845. The fourth-order valence-corrected chi connectivity index (χ4v) is 27.0. The van der Waals surface area contributed by atoms with E-state index >= 15 is 8.78 Å². The van der Waals surface area contributed by atoms with E-state index in [9.17, 15) is 29.8 Å². The Morgan fingerprint density at radius 3 is 1.08 bits per heavy atom. The highest BCUT2D eigenvalue weighted by molar-refractivity contribution is 6.87. The lowest BCUT2D eigenvalue weighted by molar-refractivity contribution is -0.385. The van der Waals surface area contributed by atoms with Gasteiger partial charge in [-0.3, -0.25) is 20.2 Å². The van der Waals surface area contributed by atoms with Crippen LogP contribution in [0.25, 0.3) is 22.3 Å². The highest BCUT2D eigenvalue weighted by Crippen LogP contribution is 2.37. The second-order valence-electron chi connectivity index (χ2n) is 28.0. The van der Waals surface area contributed by atoms with Gasteiger partial charge in [0, 0.05) is 23.3 Å². The third kappa shape index (κ3) is 27.4. The lowest BCUT2D eigenvalue weighted by Gasteiger charge is -2.39. The summed E-state index contributed by atoms with van der Waals surface area (Å²) in [7, 11) is -6.10. The zero-order valence-corrected chi connectivity index (χ0v) is 62.6. The molecule has 0 unspecified atom stereocenters. The molecule has 0 spiro atoms. The number of nitrogens with zero attached hydrogens (tertiary/aromatic N) is 2. The molecule has 0 heterocycles. The highest BCUT2D eigenvalue weighted by atomic mass is 28.5. The zero-order valence-electron chi connectivity index (χ0n) is 59.6. The number of halogens is 2. The average molecular weight is 1390 g/mol. The molecule has 0 aliphatic rings. The van der Waals surface area contributed by atoms with Gasteiger partial charge in [-0.15, -0.1) is 0 Å². The van der Waals surface area contributed by atoms with E-state index < -0.39 is 48.8 Å². The van der Waals surface area contributed by atoms with E-state index in [1.165, 1.54) is 62.8 Å². The number of carbonyl (C=O) groups is 2. The van der Waals surface area contributed by atoms with Crippen molar-refractivity contribution in [3.63, 3.8) is 0 Å². The van der Waals surface area contributed by atoms with Gasteiger partial charge in [0.25, 0.3) is 11.4 Å². The van der Waals surface area contributed by atoms with E-state index in [1.54, 1.807) is 60.7 Å². The minimum atomic E-state index is -2.30. The molecule has 0 bridgehead atoms. The van der Waals surface area contributed by atoms with Gasteiger partial charge >= 0.3 is 20.5 Å². The van der Waals surface area contributed by atoms with Crippen LogP contribution >= 0.6 is 0 Å². The van der Waals surface area contributed by atoms with Crippen LogP contribution < -0.4 is 18.9 Å². The summed E-state index contributed by atoms with van der Waals surface area (Å²) in [4.78, 5) is 49.3. The second kappa shape index (κ2) is 40.2. The number of nitro benzene ring substituents is 2. The Labute approximate surface area is 579 Å². The molecule has 6 aromatic carbocycles. The fourth-order valence-electron chi connectivity index (χ4n) is 12.8. The van der Waals surface area contributed by atoms with Crippen molar-refractivity contribution in [2.45, 2.75) is 245 Å². The molecule has 0 N–H and O–H groups in total. The summed E-state index contributed by atoms with van der Waals surface area (Å²) < 4.78 is 66.5. The van der Waals surface area contributed by atoms with Crippen molar-refractivity contribution in [2.24, 2.45) is 0 Å². The molecule has 14 nitrogen and oxygen atoms in total. The molecule has 0 aromatic heterocycles. The number of rotatable bonds is 46. The van der Waals surface area contributed by atoms with Gasteiger partial charge in [0.2, 0.25) is 0 Å². The molecule has 0 aliphatic carbocycles. The standard InChI is InChI=1S/C78H108F2N2O12Si3/c1-11-13-27-33-59(3)69-47-39-63(57-73(69)81(85)86)61-35-43-67(44-36-61)91-77(83)65-41-49-75(71(79)55-65)89-51-29-23-19-15-17-21-25-31-53-95(5,6)93-97(9,10)94-96(7,8)54-32-26-22-18-16-20-24-30-52-90-76-50-42-66(56-72(76)80)78(84)92-68-45-37-62(38-46-68)64-40-48-70(74(58-64)82(87)88)60(4)34-28-14-12-2/h35-50,55-60H,11-34,51-54H2,1-10H3/t59-,60-/m0/s1. The number of ether oxygens (including phenoxy) is 4. The summed E-state index contributed by atoms with van der Waals surface area (Å²) in [5, 5.41) is 24.0. The number of unbranched alkanes of at least 4 members (excludes halogenated alkanes) is 18. The number of hydrogen-bond donors (Lipinski definition) is 0.